The highest BCUT2D eigenvalue weighted by Crippen LogP contribution is 2.31. The van der Waals surface area contributed by atoms with Gasteiger partial charge in [-0.1, -0.05) is 0 Å². The summed E-state index contributed by atoms with van der Waals surface area (Å²) in [4.78, 5) is 4.14. The molecular formula is C14H22N2OS. The van der Waals surface area contributed by atoms with Crippen LogP contribution in [0.1, 0.15) is 23.3 Å². The quantitative estimate of drug-likeness (QED) is 0.907. The first kappa shape index (κ1) is 12.6. The van der Waals surface area contributed by atoms with E-state index in [1.165, 1.54) is 24.9 Å². The van der Waals surface area contributed by atoms with E-state index in [0.717, 1.165) is 39.3 Å². The van der Waals surface area contributed by atoms with E-state index < -0.39 is 0 Å². The van der Waals surface area contributed by atoms with Crippen LogP contribution in [0.5, 0.6) is 0 Å². The molecule has 3 rings (SSSR count). The van der Waals surface area contributed by atoms with Gasteiger partial charge in [0, 0.05) is 43.1 Å². The fourth-order valence-corrected chi connectivity index (χ4v) is 4.07. The number of fused-ring (bicyclic) bond motifs is 1. The van der Waals surface area contributed by atoms with E-state index >= 15 is 0 Å². The second-order valence-corrected chi connectivity index (χ2v) is 6.69. The monoisotopic (exact) mass is 266 g/mol. The summed E-state index contributed by atoms with van der Waals surface area (Å²) in [5, 5.41) is 2.22. The molecule has 1 saturated heterocycles. The van der Waals surface area contributed by atoms with Gasteiger partial charge >= 0.3 is 0 Å². The molecule has 0 bridgehead atoms. The fourth-order valence-electron chi connectivity index (χ4n) is 3.18. The highest BCUT2D eigenvalue weighted by molar-refractivity contribution is 7.10. The summed E-state index contributed by atoms with van der Waals surface area (Å²) in [6, 6.07) is 2.28. The van der Waals surface area contributed by atoms with E-state index in [4.69, 9.17) is 10.5 Å². The molecule has 2 N–H and O–H groups in total. The van der Waals surface area contributed by atoms with Crippen molar-refractivity contribution < 1.29 is 4.74 Å². The number of nitrogens with two attached hydrogens (primary N) is 1. The number of thiophene rings is 1. The second-order valence-electron chi connectivity index (χ2n) is 5.69. The number of ether oxygens (including phenoxy) is 1. The zero-order valence-corrected chi connectivity index (χ0v) is 11.7. The van der Waals surface area contributed by atoms with Gasteiger partial charge in [-0.25, -0.2) is 0 Å². The Morgan fingerprint density at radius 3 is 3.22 bits per heavy atom. The van der Waals surface area contributed by atoms with Gasteiger partial charge in [0.25, 0.3) is 0 Å². The smallest absolute Gasteiger partial charge is 0.0546 e. The van der Waals surface area contributed by atoms with Crippen molar-refractivity contribution in [3.63, 3.8) is 0 Å². The van der Waals surface area contributed by atoms with Crippen molar-refractivity contribution >= 4 is 11.3 Å². The number of hydrogen-bond acceptors (Lipinski definition) is 4. The van der Waals surface area contributed by atoms with Gasteiger partial charge in [-0.15, -0.1) is 11.3 Å². The van der Waals surface area contributed by atoms with Crippen molar-refractivity contribution in [3.8, 4) is 0 Å². The maximum Gasteiger partial charge on any atom is 0.0546 e. The lowest BCUT2D eigenvalue weighted by atomic mass is 9.81. The largest absolute Gasteiger partial charge is 0.381 e. The Hall–Kier alpha value is -0.420. The predicted octanol–water partition coefficient (Wildman–Crippen LogP) is 1.86. The molecule has 0 aliphatic carbocycles. The van der Waals surface area contributed by atoms with E-state index in [2.05, 4.69) is 16.3 Å². The second kappa shape index (κ2) is 5.29. The molecule has 1 aromatic rings. The van der Waals surface area contributed by atoms with Gasteiger partial charge in [-0.2, -0.15) is 0 Å². The maximum atomic E-state index is 6.03. The van der Waals surface area contributed by atoms with E-state index in [-0.39, 0.29) is 5.41 Å². The Labute approximate surface area is 113 Å². The van der Waals surface area contributed by atoms with Crippen LogP contribution in [-0.4, -0.2) is 37.7 Å². The van der Waals surface area contributed by atoms with Crippen LogP contribution < -0.4 is 5.73 Å². The molecule has 1 atom stereocenters. The molecule has 0 radical (unpaired) electrons. The first-order chi connectivity index (χ1) is 8.81. The van der Waals surface area contributed by atoms with Crippen molar-refractivity contribution in [1.29, 1.82) is 0 Å². The summed E-state index contributed by atoms with van der Waals surface area (Å²) in [5.41, 5.74) is 7.75. The van der Waals surface area contributed by atoms with Gasteiger partial charge in [0.05, 0.1) is 6.61 Å². The SMILES string of the molecule is NCC1(CN2CCc3sccc3C2)CCCOC1. The molecule has 0 saturated carbocycles. The standard InChI is InChI=1S/C14H22N2OS/c15-9-14(4-1-6-17-11-14)10-16-5-2-13-12(8-16)3-7-18-13/h3,7H,1-2,4-6,8-11,15H2. The Kier molecular flexibility index (Phi) is 3.71. The van der Waals surface area contributed by atoms with Crippen molar-refractivity contribution in [3.05, 3.63) is 21.9 Å². The molecule has 4 heteroatoms. The summed E-state index contributed by atoms with van der Waals surface area (Å²) < 4.78 is 5.67. The molecule has 2 aliphatic heterocycles. The molecule has 3 nitrogen and oxygen atoms in total. The summed E-state index contributed by atoms with van der Waals surface area (Å²) in [6.07, 6.45) is 3.58. The van der Waals surface area contributed by atoms with Crippen molar-refractivity contribution in [2.75, 3.05) is 32.8 Å². The van der Waals surface area contributed by atoms with Gasteiger partial charge in [-0.05, 0) is 36.3 Å². The number of rotatable bonds is 3. The third kappa shape index (κ3) is 2.48. The van der Waals surface area contributed by atoms with Crippen LogP contribution >= 0.6 is 11.3 Å². The number of hydrogen-bond donors (Lipinski definition) is 1. The molecule has 1 fully saturated rings. The van der Waals surface area contributed by atoms with Gasteiger partial charge in [-0.3, -0.25) is 4.90 Å². The van der Waals surface area contributed by atoms with Crippen LogP contribution in [0.4, 0.5) is 0 Å². The highest BCUT2D eigenvalue weighted by atomic mass is 32.1. The van der Waals surface area contributed by atoms with Crippen LogP contribution in [0.25, 0.3) is 0 Å². The summed E-state index contributed by atoms with van der Waals surface area (Å²) in [7, 11) is 0. The van der Waals surface area contributed by atoms with Crippen LogP contribution in [-0.2, 0) is 17.7 Å². The lowest BCUT2D eigenvalue weighted by Crippen LogP contribution is -2.48. The molecule has 0 amide bonds. The van der Waals surface area contributed by atoms with Gasteiger partial charge in [0.1, 0.15) is 0 Å². The van der Waals surface area contributed by atoms with Crippen LogP contribution in [0.15, 0.2) is 11.4 Å². The molecule has 1 unspecified atom stereocenters. The molecular weight excluding hydrogens is 244 g/mol. The van der Waals surface area contributed by atoms with E-state index in [0.29, 0.717) is 0 Å². The Balaban J connectivity index is 1.66. The molecule has 100 valence electrons. The van der Waals surface area contributed by atoms with E-state index in [9.17, 15) is 0 Å². The van der Waals surface area contributed by atoms with E-state index in [1.807, 2.05) is 11.3 Å². The van der Waals surface area contributed by atoms with E-state index in [1.54, 1.807) is 4.88 Å². The third-order valence-corrected chi connectivity index (χ3v) is 5.31. The van der Waals surface area contributed by atoms with Crippen molar-refractivity contribution in [2.45, 2.75) is 25.8 Å². The highest BCUT2D eigenvalue weighted by Gasteiger charge is 2.34. The fraction of sp³-hybridized carbons (Fsp3) is 0.714. The normalized spacial score (nSPS) is 29.2. The third-order valence-electron chi connectivity index (χ3n) is 4.28. The lowest BCUT2D eigenvalue weighted by molar-refractivity contribution is -0.0238. The number of nitrogens with zero attached hydrogens (tertiary/aromatic N) is 1. The summed E-state index contributed by atoms with van der Waals surface area (Å²) in [6.45, 7) is 5.88. The molecule has 0 aromatic carbocycles. The lowest BCUT2D eigenvalue weighted by Gasteiger charge is -2.41. The van der Waals surface area contributed by atoms with Crippen molar-refractivity contribution in [2.24, 2.45) is 11.1 Å². The average Bonchev–Trinajstić information content (AvgIpc) is 2.87. The van der Waals surface area contributed by atoms with Gasteiger partial charge in [0.15, 0.2) is 0 Å². The minimum atomic E-state index is 0.200. The minimum Gasteiger partial charge on any atom is -0.381 e. The molecule has 3 heterocycles. The Morgan fingerprint density at radius 1 is 1.50 bits per heavy atom. The van der Waals surface area contributed by atoms with Crippen LogP contribution in [0.2, 0.25) is 0 Å². The van der Waals surface area contributed by atoms with Gasteiger partial charge in [0.2, 0.25) is 0 Å². The maximum absolute atomic E-state index is 6.03. The predicted molar refractivity (Wildman–Crippen MR) is 74.8 cm³/mol. The molecule has 0 spiro atoms. The Bertz CT molecular complexity index is 398. The first-order valence-electron chi connectivity index (χ1n) is 6.87. The first-order valence-corrected chi connectivity index (χ1v) is 7.75. The molecule has 1 aromatic heterocycles. The average molecular weight is 266 g/mol. The minimum absolute atomic E-state index is 0.200. The molecule has 2 aliphatic rings. The van der Waals surface area contributed by atoms with Gasteiger partial charge < -0.3 is 10.5 Å². The summed E-state index contributed by atoms with van der Waals surface area (Å²) in [5.74, 6) is 0. The zero-order chi connectivity index (χ0) is 12.4. The van der Waals surface area contributed by atoms with Crippen molar-refractivity contribution in [1.82, 2.24) is 4.90 Å². The van der Waals surface area contributed by atoms with Crippen LogP contribution in [0.3, 0.4) is 0 Å². The molecule has 18 heavy (non-hydrogen) atoms. The van der Waals surface area contributed by atoms with Crippen LogP contribution in [0, 0.1) is 5.41 Å². The summed E-state index contributed by atoms with van der Waals surface area (Å²) >= 11 is 1.90. The Morgan fingerprint density at radius 2 is 2.44 bits per heavy atom. The topological polar surface area (TPSA) is 38.5 Å². The zero-order valence-electron chi connectivity index (χ0n) is 10.9.